The van der Waals surface area contributed by atoms with Gasteiger partial charge >= 0.3 is 0 Å². The van der Waals surface area contributed by atoms with Crippen LogP contribution in [0.1, 0.15) is 51.3 Å². The van der Waals surface area contributed by atoms with E-state index in [0.29, 0.717) is 12.0 Å². The normalized spacial score (nSPS) is 28.8. The number of rotatable bonds is 3. The summed E-state index contributed by atoms with van der Waals surface area (Å²) in [6.07, 6.45) is 6.77. The molecule has 5 nitrogen and oxygen atoms in total. The van der Waals surface area contributed by atoms with Crippen molar-refractivity contribution in [3.05, 3.63) is 12.2 Å². The highest BCUT2D eigenvalue weighted by Gasteiger charge is 2.33. The van der Waals surface area contributed by atoms with Gasteiger partial charge in [-0.15, -0.1) is 0 Å². The average molecular weight is 264 g/mol. The topological polar surface area (TPSA) is 54.0 Å². The van der Waals surface area contributed by atoms with Crippen LogP contribution in [0.3, 0.4) is 0 Å². The van der Waals surface area contributed by atoms with Gasteiger partial charge in [0.2, 0.25) is 0 Å². The van der Waals surface area contributed by atoms with Gasteiger partial charge in [0.1, 0.15) is 12.2 Å². The molecule has 0 radical (unpaired) electrons. The molecule has 1 aromatic heterocycles. The number of nitrogens with one attached hydrogen (secondary N) is 1. The first-order chi connectivity index (χ1) is 9.12. The van der Waals surface area contributed by atoms with Gasteiger partial charge in [-0.25, -0.2) is 4.98 Å². The van der Waals surface area contributed by atoms with E-state index in [9.17, 15) is 0 Å². The number of hydrogen-bond donors (Lipinski definition) is 1. The van der Waals surface area contributed by atoms with Gasteiger partial charge in [-0.1, -0.05) is 0 Å². The molecule has 1 unspecified atom stereocenters. The summed E-state index contributed by atoms with van der Waals surface area (Å²) in [5.74, 6) is 1.61. The van der Waals surface area contributed by atoms with E-state index in [-0.39, 0.29) is 5.60 Å². The standard InChI is InChI=1S/C14H24N4O/c1-14(2)6-3-12(19-14)9-18-7-4-11(5-8-18)13-15-10-16-17-13/h10-12H,3-9H2,1-2H3,(H,15,16,17). The van der Waals surface area contributed by atoms with Crippen LogP contribution in [0, 0.1) is 0 Å². The van der Waals surface area contributed by atoms with Crippen LogP contribution in [0.2, 0.25) is 0 Å². The number of likely N-dealkylation sites (tertiary alicyclic amines) is 1. The summed E-state index contributed by atoms with van der Waals surface area (Å²) in [6.45, 7) is 7.77. The SMILES string of the molecule is CC1(C)CCC(CN2CCC(c3ncn[nH]3)CC2)O1. The fraction of sp³-hybridized carbons (Fsp3) is 0.857. The van der Waals surface area contributed by atoms with Crippen LogP contribution in [0.15, 0.2) is 6.33 Å². The Balaban J connectivity index is 1.46. The summed E-state index contributed by atoms with van der Waals surface area (Å²) in [6, 6.07) is 0. The maximum absolute atomic E-state index is 6.08. The Kier molecular flexibility index (Phi) is 3.58. The molecule has 106 valence electrons. The quantitative estimate of drug-likeness (QED) is 0.906. The van der Waals surface area contributed by atoms with Gasteiger partial charge in [0.15, 0.2) is 0 Å². The Morgan fingerprint density at radius 3 is 2.74 bits per heavy atom. The Bertz CT molecular complexity index is 396. The van der Waals surface area contributed by atoms with Crippen LogP contribution in [0.5, 0.6) is 0 Å². The Morgan fingerprint density at radius 1 is 1.37 bits per heavy atom. The minimum atomic E-state index is 0.0861. The molecule has 2 fully saturated rings. The van der Waals surface area contributed by atoms with Gasteiger partial charge in [0.25, 0.3) is 0 Å². The lowest BCUT2D eigenvalue weighted by Gasteiger charge is -2.32. The van der Waals surface area contributed by atoms with E-state index < -0.39 is 0 Å². The molecule has 0 saturated carbocycles. The third kappa shape index (κ3) is 3.15. The van der Waals surface area contributed by atoms with E-state index in [1.54, 1.807) is 6.33 Å². The first kappa shape index (κ1) is 13.1. The minimum absolute atomic E-state index is 0.0861. The lowest BCUT2D eigenvalue weighted by Crippen LogP contribution is -2.39. The highest BCUT2D eigenvalue weighted by Crippen LogP contribution is 2.31. The van der Waals surface area contributed by atoms with Gasteiger partial charge in [-0.3, -0.25) is 5.10 Å². The van der Waals surface area contributed by atoms with Gasteiger partial charge < -0.3 is 9.64 Å². The number of H-pyrrole nitrogens is 1. The van der Waals surface area contributed by atoms with Gasteiger partial charge in [0, 0.05) is 12.5 Å². The fourth-order valence-electron chi connectivity index (χ4n) is 3.29. The van der Waals surface area contributed by atoms with E-state index in [2.05, 4.69) is 33.9 Å². The molecule has 3 heterocycles. The van der Waals surface area contributed by atoms with Crippen molar-refractivity contribution in [3.63, 3.8) is 0 Å². The predicted octanol–water partition coefficient (Wildman–Crippen LogP) is 1.94. The van der Waals surface area contributed by atoms with Crippen molar-refractivity contribution in [1.82, 2.24) is 20.1 Å². The summed E-state index contributed by atoms with van der Waals surface area (Å²) >= 11 is 0. The number of piperidine rings is 1. The smallest absolute Gasteiger partial charge is 0.137 e. The molecule has 19 heavy (non-hydrogen) atoms. The molecule has 0 bridgehead atoms. The van der Waals surface area contributed by atoms with E-state index in [1.165, 1.54) is 25.7 Å². The number of ether oxygens (including phenoxy) is 1. The summed E-state index contributed by atoms with van der Waals surface area (Å²) in [7, 11) is 0. The first-order valence-corrected chi connectivity index (χ1v) is 7.38. The highest BCUT2D eigenvalue weighted by atomic mass is 16.5. The summed E-state index contributed by atoms with van der Waals surface area (Å²) in [4.78, 5) is 6.82. The summed E-state index contributed by atoms with van der Waals surface area (Å²) in [5, 5.41) is 6.95. The highest BCUT2D eigenvalue weighted by molar-refractivity contribution is 4.96. The zero-order valence-corrected chi connectivity index (χ0v) is 11.9. The van der Waals surface area contributed by atoms with E-state index in [4.69, 9.17) is 4.74 Å². The number of aromatic amines is 1. The number of hydrogen-bond acceptors (Lipinski definition) is 4. The third-order valence-electron chi connectivity index (χ3n) is 4.42. The van der Waals surface area contributed by atoms with Gasteiger partial charge in [-0.05, 0) is 52.6 Å². The molecule has 1 aromatic rings. The molecule has 5 heteroatoms. The Hall–Kier alpha value is -0.940. The molecule has 2 aliphatic rings. The monoisotopic (exact) mass is 264 g/mol. The van der Waals surface area contributed by atoms with Gasteiger partial charge in [-0.2, -0.15) is 5.10 Å². The molecule has 1 atom stereocenters. The minimum Gasteiger partial charge on any atom is -0.371 e. The maximum atomic E-state index is 6.08. The third-order valence-corrected chi connectivity index (χ3v) is 4.42. The molecule has 1 N–H and O–H groups in total. The zero-order valence-electron chi connectivity index (χ0n) is 11.9. The van der Waals surface area contributed by atoms with Crippen molar-refractivity contribution in [2.75, 3.05) is 19.6 Å². The fourth-order valence-corrected chi connectivity index (χ4v) is 3.29. The molecule has 2 aliphatic heterocycles. The van der Waals surface area contributed by atoms with E-state index in [0.717, 1.165) is 25.5 Å². The van der Waals surface area contributed by atoms with Crippen LogP contribution in [0.4, 0.5) is 0 Å². The van der Waals surface area contributed by atoms with Crippen molar-refractivity contribution < 1.29 is 4.74 Å². The van der Waals surface area contributed by atoms with Crippen LogP contribution in [0.25, 0.3) is 0 Å². The van der Waals surface area contributed by atoms with Crippen molar-refractivity contribution in [3.8, 4) is 0 Å². The molecule has 0 aromatic carbocycles. The summed E-state index contributed by atoms with van der Waals surface area (Å²) < 4.78 is 6.08. The van der Waals surface area contributed by atoms with E-state index in [1.807, 2.05) is 0 Å². The molecule has 0 aliphatic carbocycles. The molecular formula is C14H24N4O. The second-order valence-electron chi connectivity index (χ2n) is 6.48. The average Bonchev–Trinajstić information content (AvgIpc) is 3.00. The summed E-state index contributed by atoms with van der Waals surface area (Å²) in [5.41, 5.74) is 0.0861. The Morgan fingerprint density at radius 2 is 2.16 bits per heavy atom. The molecule has 0 spiro atoms. The van der Waals surface area contributed by atoms with Crippen LogP contribution in [-0.4, -0.2) is 51.4 Å². The molecule has 0 amide bonds. The second-order valence-corrected chi connectivity index (χ2v) is 6.48. The van der Waals surface area contributed by atoms with Crippen molar-refractivity contribution >= 4 is 0 Å². The van der Waals surface area contributed by atoms with Crippen LogP contribution in [-0.2, 0) is 4.74 Å². The lowest BCUT2D eigenvalue weighted by atomic mass is 9.96. The zero-order chi connectivity index (χ0) is 13.3. The number of nitrogens with zero attached hydrogens (tertiary/aromatic N) is 3. The second kappa shape index (κ2) is 5.21. The van der Waals surface area contributed by atoms with Crippen LogP contribution < -0.4 is 0 Å². The molecule has 3 rings (SSSR count). The molecule has 2 saturated heterocycles. The predicted molar refractivity (Wildman–Crippen MR) is 73.0 cm³/mol. The maximum Gasteiger partial charge on any atom is 0.137 e. The van der Waals surface area contributed by atoms with Crippen molar-refractivity contribution in [2.24, 2.45) is 0 Å². The van der Waals surface area contributed by atoms with Crippen LogP contribution >= 0.6 is 0 Å². The van der Waals surface area contributed by atoms with E-state index >= 15 is 0 Å². The largest absolute Gasteiger partial charge is 0.371 e. The van der Waals surface area contributed by atoms with Gasteiger partial charge in [0.05, 0.1) is 11.7 Å². The lowest BCUT2D eigenvalue weighted by molar-refractivity contribution is -0.0310. The molecular weight excluding hydrogens is 240 g/mol. The van der Waals surface area contributed by atoms with Crippen molar-refractivity contribution in [1.29, 1.82) is 0 Å². The number of aromatic nitrogens is 3. The first-order valence-electron chi connectivity index (χ1n) is 7.38. The Labute approximate surface area is 114 Å². The van der Waals surface area contributed by atoms with Crippen molar-refractivity contribution in [2.45, 2.75) is 57.2 Å².